The van der Waals surface area contributed by atoms with Gasteiger partial charge < -0.3 is 15.5 Å². The van der Waals surface area contributed by atoms with Gasteiger partial charge in [-0.2, -0.15) is 0 Å². The minimum Gasteiger partial charge on any atom is -0.354 e. The first-order chi connectivity index (χ1) is 22.1. The third-order valence-corrected chi connectivity index (χ3v) is 8.68. The fraction of sp³-hybridized carbons (Fsp3) is 0.300. The second kappa shape index (κ2) is 17.1. The highest BCUT2D eigenvalue weighted by Crippen LogP contribution is 2.24. The Bertz CT molecular complexity index is 1440. The number of benzene rings is 4. The average Bonchev–Trinajstić information content (AvgIpc) is 3.09. The van der Waals surface area contributed by atoms with Crippen LogP contribution in [-0.2, 0) is 22.4 Å². The highest BCUT2D eigenvalue weighted by molar-refractivity contribution is 6.01. The monoisotopic (exact) mass is 599 g/mol. The van der Waals surface area contributed by atoms with E-state index in [-0.39, 0.29) is 11.8 Å². The molecular formula is C40H45N3O2. The van der Waals surface area contributed by atoms with E-state index in [9.17, 15) is 9.59 Å². The van der Waals surface area contributed by atoms with E-state index in [0.29, 0.717) is 13.0 Å². The molecule has 1 heterocycles. The molecule has 5 rings (SSSR count). The maximum absolute atomic E-state index is 13.5. The van der Waals surface area contributed by atoms with E-state index in [2.05, 4.69) is 58.0 Å². The van der Waals surface area contributed by atoms with Crippen LogP contribution < -0.4 is 10.6 Å². The highest BCUT2D eigenvalue weighted by Gasteiger charge is 2.23. The second-order valence-electron chi connectivity index (χ2n) is 12.0. The van der Waals surface area contributed by atoms with Gasteiger partial charge in [0.15, 0.2) is 0 Å². The number of hydrogen-bond acceptors (Lipinski definition) is 3. The molecule has 4 aromatic rings. The molecule has 0 aliphatic carbocycles. The zero-order chi connectivity index (χ0) is 31.1. The lowest BCUT2D eigenvalue weighted by molar-refractivity contribution is -0.127. The summed E-state index contributed by atoms with van der Waals surface area (Å²) in [5.74, 6) is 0.333. The minimum absolute atomic E-state index is 0.129. The van der Waals surface area contributed by atoms with Crippen molar-refractivity contribution in [3.63, 3.8) is 0 Å². The van der Waals surface area contributed by atoms with Crippen molar-refractivity contribution in [2.45, 2.75) is 44.6 Å². The third-order valence-electron chi connectivity index (χ3n) is 8.68. The molecule has 1 fully saturated rings. The normalized spacial score (nSPS) is 14.3. The van der Waals surface area contributed by atoms with Gasteiger partial charge in [0.2, 0.25) is 11.8 Å². The molecule has 0 radical (unpaired) electrons. The number of rotatable bonds is 14. The van der Waals surface area contributed by atoms with Crippen LogP contribution in [0.15, 0.2) is 127 Å². The quantitative estimate of drug-likeness (QED) is 0.159. The van der Waals surface area contributed by atoms with Crippen LogP contribution in [0, 0.1) is 5.92 Å². The number of nitrogens with zero attached hydrogens (tertiary/aromatic N) is 1. The van der Waals surface area contributed by atoms with Gasteiger partial charge in [0.1, 0.15) is 6.04 Å². The summed E-state index contributed by atoms with van der Waals surface area (Å²) in [5, 5.41) is 6.14. The molecule has 0 spiro atoms. The van der Waals surface area contributed by atoms with Crippen molar-refractivity contribution in [2.75, 3.05) is 26.2 Å². The number of carbonyl (C=O) groups is 2. The third kappa shape index (κ3) is 10.3. The number of carbonyl (C=O) groups excluding carboxylic acids is 2. The molecule has 2 amide bonds. The van der Waals surface area contributed by atoms with E-state index in [1.165, 1.54) is 24.0 Å². The molecule has 5 nitrogen and oxygen atoms in total. The summed E-state index contributed by atoms with van der Waals surface area (Å²) in [4.78, 5) is 29.4. The Kier molecular flexibility index (Phi) is 12.1. The van der Waals surface area contributed by atoms with Gasteiger partial charge in [-0.25, -0.2) is 0 Å². The van der Waals surface area contributed by atoms with Gasteiger partial charge >= 0.3 is 0 Å². The Morgan fingerprint density at radius 1 is 0.733 bits per heavy atom. The summed E-state index contributed by atoms with van der Waals surface area (Å²) in [7, 11) is 0. The van der Waals surface area contributed by atoms with Gasteiger partial charge in [-0.15, -0.1) is 0 Å². The van der Waals surface area contributed by atoms with Crippen LogP contribution in [0.1, 0.15) is 47.9 Å². The van der Waals surface area contributed by atoms with Crippen molar-refractivity contribution in [1.82, 2.24) is 15.5 Å². The molecule has 1 atom stereocenters. The molecule has 232 valence electrons. The summed E-state index contributed by atoms with van der Waals surface area (Å²) >= 11 is 0. The van der Waals surface area contributed by atoms with Crippen molar-refractivity contribution in [2.24, 2.45) is 5.92 Å². The number of amides is 2. The van der Waals surface area contributed by atoms with Gasteiger partial charge in [0, 0.05) is 12.6 Å². The van der Waals surface area contributed by atoms with Crippen LogP contribution in [-0.4, -0.2) is 48.9 Å². The first-order valence-electron chi connectivity index (χ1n) is 16.3. The lowest BCUT2D eigenvalue weighted by atomic mass is 9.90. The summed E-state index contributed by atoms with van der Waals surface area (Å²) in [5.41, 5.74) is 5.34. The first kappa shape index (κ1) is 31.9. The van der Waals surface area contributed by atoms with Gasteiger partial charge in [-0.1, -0.05) is 121 Å². The van der Waals surface area contributed by atoms with Crippen LogP contribution in [0.2, 0.25) is 0 Å². The van der Waals surface area contributed by atoms with Gasteiger partial charge in [-0.3, -0.25) is 9.59 Å². The standard InChI is InChI=1S/C40H45N3O2/c44-39(31-37(35-18-9-3-10-19-35)36-20-11-4-12-21-36)42-38(40(45)41-26-23-32-14-5-1-6-15-32)22-13-27-43-28-24-34(25-29-43)30-33-16-7-2-8-17-33/h1-12,14-21,31,34,38H,13,22-30H2,(H,41,45)(H,42,44)/t38-/m0/s1. The van der Waals surface area contributed by atoms with Crippen LogP contribution in [0.4, 0.5) is 0 Å². The molecule has 0 saturated carbocycles. The predicted molar refractivity (Wildman–Crippen MR) is 184 cm³/mol. The van der Waals surface area contributed by atoms with Crippen molar-refractivity contribution >= 4 is 17.4 Å². The van der Waals surface area contributed by atoms with E-state index >= 15 is 0 Å². The van der Waals surface area contributed by atoms with E-state index in [1.807, 2.05) is 78.9 Å². The zero-order valence-electron chi connectivity index (χ0n) is 26.1. The Balaban J connectivity index is 1.19. The number of piperidine rings is 1. The van der Waals surface area contributed by atoms with Gasteiger partial charge in [0.05, 0.1) is 0 Å². The van der Waals surface area contributed by atoms with Crippen molar-refractivity contribution in [1.29, 1.82) is 0 Å². The summed E-state index contributed by atoms with van der Waals surface area (Å²) in [6.07, 6.45) is 7.35. The summed E-state index contributed by atoms with van der Waals surface area (Å²) in [6.45, 7) is 3.62. The van der Waals surface area contributed by atoms with Gasteiger partial charge in [0.25, 0.3) is 0 Å². The smallest absolute Gasteiger partial charge is 0.245 e. The predicted octanol–water partition coefficient (Wildman–Crippen LogP) is 6.70. The van der Waals surface area contributed by atoms with E-state index in [4.69, 9.17) is 0 Å². The number of nitrogens with one attached hydrogen (secondary N) is 2. The number of likely N-dealkylation sites (tertiary alicyclic amines) is 1. The molecule has 45 heavy (non-hydrogen) atoms. The Morgan fingerprint density at radius 2 is 1.27 bits per heavy atom. The van der Waals surface area contributed by atoms with Crippen LogP contribution in [0.3, 0.4) is 0 Å². The lowest BCUT2D eigenvalue weighted by Crippen LogP contribution is -2.47. The molecule has 5 heteroatoms. The maximum Gasteiger partial charge on any atom is 0.245 e. The average molecular weight is 600 g/mol. The lowest BCUT2D eigenvalue weighted by Gasteiger charge is -2.32. The molecule has 1 aliphatic rings. The van der Waals surface area contributed by atoms with Crippen molar-refractivity contribution in [3.05, 3.63) is 150 Å². The van der Waals surface area contributed by atoms with Crippen LogP contribution >= 0.6 is 0 Å². The largest absolute Gasteiger partial charge is 0.354 e. The molecule has 0 bridgehead atoms. The number of hydrogen-bond donors (Lipinski definition) is 2. The van der Waals surface area contributed by atoms with E-state index in [0.717, 1.165) is 61.5 Å². The molecular weight excluding hydrogens is 554 g/mol. The van der Waals surface area contributed by atoms with Gasteiger partial charge in [-0.05, 0) is 91.9 Å². The molecule has 0 aromatic heterocycles. The Morgan fingerprint density at radius 3 is 1.84 bits per heavy atom. The van der Waals surface area contributed by atoms with E-state index < -0.39 is 6.04 Å². The summed E-state index contributed by atoms with van der Waals surface area (Å²) < 4.78 is 0. The molecule has 4 aromatic carbocycles. The van der Waals surface area contributed by atoms with E-state index in [1.54, 1.807) is 6.08 Å². The SMILES string of the molecule is O=C(C=C(c1ccccc1)c1ccccc1)N[C@@H](CCCN1CCC(Cc2ccccc2)CC1)C(=O)NCCc1ccccc1. The van der Waals surface area contributed by atoms with Crippen molar-refractivity contribution < 1.29 is 9.59 Å². The molecule has 0 unspecified atom stereocenters. The highest BCUT2D eigenvalue weighted by atomic mass is 16.2. The van der Waals surface area contributed by atoms with Crippen molar-refractivity contribution in [3.8, 4) is 0 Å². The first-order valence-corrected chi connectivity index (χ1v) is 16.3. The van der Waals surface area contributed by atoms with Crippen LogP contribution in [0.5, 0.6) is 0 Å². The fourth-order valence-corrected chi connectivity index (χ4v) is 6.16. The minimum atomic E-state index is -0.604. The van der Waals surface area contributed by atoms with Crippen LogP contribution in [0.25, 0.3) is 5.57 Å². The summed E-state index contributed by atoms with van der Waals surface area (Å²) in [6, 6.07) is 40.1. The topological polar surface area (TPSA) is 61.4 Å². The molecule has 2 N–H and O–H groups in total. The Labute approximate surface area is 268 Å². The second-order valence-corrected chi connectivity index (χ2v) is 12.0. The maximum atomic E-state index is 13.5. The fourth-order valence-electron chi connectivity index (χ4n) is 6.16. The molecule has 1 aliphatic heterocycles. The molecule has 1 saturated heterocycles. The Hall–Kier alpha value is -4.48. The zero-order valence-corrected chi connectivity index (χ0v) is 26.1.